The summed E-state index contributed by atoms with van der Waals surface area (Å²) in [7, 11) is 0. The molecule has 0 radical (unpaired) electrons. The summed E-state index contributed by atoms with van der Waals surface area (Å²) in [4.78, 5) is 15.8. The van der Waals surface area contributed by atoms with E-state index in [2.05, 4.69) is 32.7 Å². The third-order valence-electron chi connectivity index (χ3n) is 2.21. The van der Waals surface area contributed by atoms with Crippen molar-refractivity contribution < 1.29 is 9.53 Å². The van der Waals surface area contributed by atoms with Gasteiger partial charge in [-0.05, 0) is 49.4 Å². The number of pyridine rings is 1. The first-order chi connectivity index (χ1) is 8.37. The van der Waals surface area contributed by atoms with Gasteiger partial charge in [-0.25, -0.2) is 0 Å². The molecule has 0 atom stereocenters. The zero-order valence-corrected chi connectivity index (χ0v) is 12.6. The third-order valence-corrected chi connectivity index (χ3v) is 3.00. The van der Waals surface area contributed by atoms with Crippen molar-refractivity contribution in [3.8, 4) is 0 Å². The van der Waals surface area contributed by atoms with Crippen LogP contribution >= 0.6 is 22.6 Å². The predicted molar refractivity (Wildman–Crippen MR) is 76.1 cm³/mol. The minimum Gasteiger partial charge on any atom is -0.459 e. The van der Waals surface area contributed by atoms with E-state index in [9.17, 15) is 4.79 Å². The Bertz CT molecular complexity index is 587. The van der Waals surface area contributed by atoms with Gasteiger partial charge in [0.2, 0.25) is 0 Å². The SMILES string of the molecule is CC(C)(C)OC(=O)Cn1nc(I)c2ccncc21. The molecule has 2 heterocycles. The van der Waals surface area contributed by atoms with Gasteiger partial charge in [0, 0.05) is 11.6 Å². The van der Waals surface area contributed by atoms with Crippen LogP contribution in [0.3, 0.4) is 0 Å². The molecule has 18 heavy (non-hydrogen) atoms. The summed E-state index contributed by atoms with van der Waals surface area (Å²) < 4.78 is 7.76. The van der Waals surface area contributed by atoms with Crippen LogP contribution < -0.4 is 0 Å². The number of esters is 1. The Morgan fingerprint density at radius 3 is 2.89 bits per heavy atom. The van der Waals surface area contributed by atoms with E-state index in [0.717, 1.165) is 14.6 Å². The van der Waals surface area contributed by atoms with Gasteiger partial charge >= 0.3 is 5.97 Å². The lowest BCUT2D eigenvalue weighted by atomic mass is 10.2. The largest absolute Gasteiger partial charge is 0.459 e. The maximum absolute atomic E-state index is 11.8. The molecule has 6 heteroatoms. The van der Waals surface area contributed by atoms with Gasteiger partial charge in [-0.1, -0.05) is 0 Å². The monoisotopic (exact) mass is 359 g/mol. The average molecular weight is 359 g/mol. The van der Waals surface area contributed by atoms with Gasteiger partial charge in [-0.3, -0.25) is 14.5 Å². The van der Waals surface area contributed by atoms with Gasteiger partial charge in [0.05, 0.1) is 11.7 Å². The van der Waals surface area contributed by atoms with Crippen LogP contribution in [0.25, 0.3) is 10.9 Å². The topological polar surface area (TPSA) is 57.0 Å². The highest BCUT2D eigenvalue weighted by Crippen LogP contribution is 2.19. The van der Waals surface area contributed by atoms with Crippen molar-refractivity contribution in [3.05, 3.63) is 22.2 Å². The average Bonchev–Trinajstić information content (AvgIpc) is 2.54. The van der Waals surface area contributed by atoms with Gasteiger partial charge in [0.25, 0.3) is 0 Å². The van der Waals surface area contributed by atoms with E-state index in [1.54, 1.807) is 17.1 Å². The molecule has 0 fully saturated rings. The Morgan fingerprint density at radius 2 is 2.22 bits per heavy atom. The number of carbonyl (C=O) groups is 1. The van der Waals surface area contributed by atoms with Crippen molar-refractivity contribution in [2.24, 2.45) is 0 Å². The van der Waals surface area contributed by atoms with E-state index in [-0.39, 0.29) is 12.5 Å². The van der Waals surface area contributed by atoms with E-state index < -0.39 is 5.60 Å². The van der Waals surface area contributed by atoms with Crippen molar-refractivity contribution in [1.29, 1.82) is 0 Å². The first-order valence-electron chi connectivity index (χ1n) is 5.55. The Kier molecular flexibility index (Phi) is 3.56. The number of hydrogen-bond donors (Lipinski definition) is 0. The second kappa shape index (κ2) is 4.83. The summed E-state index contributed by atoms with van der Waals surface area (Å²) in [5.41, 5.74) is 0.360. The Hall–Kier alpha value is -1.18. The summed E-state index contributed by atoms with van der Waals surface area (Å²) in [6, 6.07) is 1.88. The molecular formula is C12H14IN3O2. The molecule has 2 aromatic rings. The van der Waals surface area contributed by atoms with Crippen molar-refractivity contribution in [2.45, 2.75) is 32.9 Å². The first-order valence-corrected chi connectivity index (χ1v) is 6.62. The number of rotatable bonds is 2. The third kappa shape index (κ3) is 2.98. The van der Waals surface area contributed by atoms with Crippen LogP contribution in [0, 0.1) is 3.70 Å². The zero-order valence-electron chi connectivity index (χ0n) is 10.5. The fourth-order valence-electron chi connectivity index (χ4n) is 1.60. The summed E-state index contributed by atoms with van der Waals surface area (Å²) in [6.45, 7) is 5.63. The summed E-state index contributed by atoms with van der Waals surface area (Å²) in [6.07, 6.45) is 3.42. The van der Waals surface area contributed by atoms with Gasteiger partial charge in [0.1, 0.15) is 15.8 Å². The summed E-state index contributed by atoms with van der Waals surface area (Å²) >= 11 is 2.14. The molecule has 0 saturated carbocycles. The summed E-state index contributed by atoms with van der Waals surface area (Å²) in [5.74, 6) is -0.299. The molecule has 2 aromatic heterocycles. The molecule has 0 unspecified atom stereocenters. The van der Waals surface area contributed by atoms with Crippen molar-refractivity contribution >= 4 is 39.5 Å². The minimum absolute atomic E-state index is 0.0997. The van der Waals surface area contributed by atoms with Crippen LogP contribution in [0.5, 0.6) is 0 Å². The first kappa shape index (κ1) is 13.3. The minimum atomic E-state index is -0.481. The van der Waals surface area contributed by atoms with E-state index in [0.29, 0.717) is 0 Å². The second-order valence-corrected chi connectivity index (χ2v) is 5.95. The maximum atomic E-state index is 11.8. The van der Waals surface area contributed by atoms with Crippen LogP contribution in [-0.4, -0.2) is 26.3 Å². The molecule has 0 aliphatic rings. The number of nitrogens with zero attached hydrogens (tertiary/aromatic N) is 3. The van der Waals surface area contributed by atoms with E-state index in [4.69, 9.17) is 4.74 Å². The maximum Gasteiger partial charge on any atom is 0.328 e. The number of ether oxygens (including phenoxy) is 1. The fraction of sp³-hybridized carbons (Fsp3) is 0.417. The smallest absolute Gasteiger partial charge is 0.328 e. The molecule has 0 aromatic carbocycles. The number of carbonyl (C=O) groups excluding carboxylic acids is 1. The highest BCUT2D eigenvalue weighted by atomic mass is 127. The van der Waals surface area contributed by atoms with Gasteiger partial charge < -0.3 is 4.74 Å². The van der Waals surface area contributed by atoms with E-state index in [1.807, 2.05) is 26.8 Å². The van der Waals surface area contributed by atoms with Crippen LogP contribution in [0.15, 0.2) is 18.5 Å². The molecule has 0 N–H and O–H groups in total. The van der Waals surface area contributed by atoms with Crippen molar-refractivity contribution in [3.63, 3.8) is 0 Å². The highest BCUT2D eigenvalue weighted by molar-refractivity contribution is 14.1. The highest BCUT2D eigenvalue weighted by Gasteiger charge is 2.18. The molecule has 0 aliphatic carbocycles. The number of halogens is 1. The lowest BCUT2D eigenvalue weighted by Gasteiger charge is -2.19. The van der Waals surface area contributed by atoms with Gasteiger partial charge in [-0.15, -0.1) is 0 Å². The van der Waals surface area contributed by atoms with E-state index in [1.165, 1.54) is 0 Å². The molecule has 5 nitrogen and oxygen atoms in total. The molecule has 2 rings (SSSR count). The van der Waals surface area contributed by atoms with Crippen LogP contribution in [0.1, 0.15) is 20.8 Å². The van der Waals surface area contributed by atoms with Crippen LogP contribution in [0.4, 0.5) is 0 Å². The molecule has 0 saturated heterocycles. The Labute approximate surface area is 119 Å². The van der Waals surface area contributed by atoms with Gasteiger partial charge in [-0.2, -0.15) is 5.10 Å². The standard InChI is InChI=1S/C12H14IN3O2/c1-12(2,3)18-10(17)7-16-9-6-14-5-4-8(9)11(13)15-16/h4-6H,7H2,1-3H3. The number of aromatic nitrogens is 3. The zero-order chi connectivity index (χ0) is 13.3. The quantitative estimate of drug-likeness (QED) is 0.610. The molecule has 0 amide bonds. The Balaban J connectivity index is 2.25. The predicted octanol–water partition coefficient (Wildman–Crippen LogP) is 2.38. The molecule has 96 valence electrons. The molecule has 0 bridgehead atoms. The fourth-order valence-corrected chi connectivity index (χ4v) is 2.31. The Morgan fingerprint density at radius 1 is 1.50 bits per heavy atom. The van der Waals surface area contributed by atoms with E-state index >= 15 is 0 Å². The lowest BCUT2D eigenvalue weighted by Crippen LogP contribution is -2.26. The van der Waals surface area contributed by atoms with Crippen molar-refractivity contribution in [2.75, 3.05) is 0 Å². The number of fused-ring (bicyclic) bond motifs is 1. The molecule has 0 aliphatic heterocycles. The summed E-state index contributed by atoms with van der Waals surface area (Å²) in [5, 5.41) is 5.32. The van der Waals surface area contributed by atoms with Crippen LogP contribution in [0.2, 0.25) is 0 Å². The number of hydrogen-bond acceptors (Lipinski definition) is 4. The van der Waals surface area contributed by atoms with Gasteiger partial charge in [0.15, 0.2) is 0 Å². The van der Waals surface area contributed by atoms with Crippen LogP contribution in [-0.2, 0) is 16.1 Å². The van der Waals surface area contributed by atoms with Crippen molar-refractivity contribution in [1.82, 2.24) is 14.8 Å². The molecular weight excluding hydrogens is 345 g/mol. The normalized spacial score (nSPS) is 11.8. The lowest BCUT2D eigenvalue weighted by molar-refractivity contribution is -0.155. The second-order valence-electron chi connectivity index (χ2n) is 4.93. The molecule has 0 spiro atoms.